The Morgan fingerprint density at radius 2 is 1.88 bits per heavy atom. The minimum absolute atomic E-state index is 0.349. The number of carbonyl (C=O) groups excluding carboxylic acids is 1. The first-order valence-electron chi connectivity index (χ1n) is 5.74. The number of hydrogen-bond donors (Lipinski definition) is 2. The Hall–Kier alpha value is -1.26. The molecule has 0 rings (SSSR count). The normalized spacial score (nSPS) is 11.9. The van der Waals surface area contributed by atoms with E-state index in [1.807, 2.05) is 0 Å². The maximum absolute atomic E-state index is 11.1. The van der Waals surface area contributed by atoms with Crippen molar-refractivity contribution in [1.29, 1.82) is 0 Å². The first-order chi connectivity index (χ1) is 7.57. The molecule has 0 aromatic carbocycles. The van der Waals surface area contributed by atoms with E-state index in [9.17, 15) is 9.59 Å². The van der Waals surface area contributed by atoms with Crippen LogP contribution >= 0.6 is 0 Å². The van der Waals surface area contributed by atoms with E-state index < -0.39 is 18.1 Å². The van der Waals surface area contributed by atoms with Crippen molar-refractivity contribution >= 4 is 12.1 Å². The molecule has 0 heterocycles. The first kappa shape index (κ1) is 14.7. The zero-order chi connectivity index (χ0) is 12.4. The van der Waals surface area contributed by atoms with Crippen molar-refractivity contribution in [3.63, 3.8) is 0 Å². The molecule has 0 spiro atoms. The Morgan fingerprint density at radius 1 is 1.25 bits per heavy atom. The van der Waals surface area contributed by atoms with Gasteiger partial charge >= 0.3 is 12.1 Å². The lowest BCUT2D eigenvalue weighted by atomic mass is 10.2. The standard InChI is InChI=1S/C11H21NO4/c1-3-4-5-6-7-8-16-11(15)12-9(2)10(13)14/h9H,3-8H2,1-2H3,(H,12,15)(H,13,14). The Kier molecular flexibility index (Phi) is 8.29. The number of ether oxygens (including phenoxy) is 1. The molecule has 2 N–H and O–H groups in total. The monoisotopic (exact) mass is 231 g/mol. The third-order valence-corrected chi connectivity index (χ3v) is 2.19. The number of amides is 1. The molecular formula is C11H21NO4. The van der Waals surface area contributed by atoms with Gasteiger partial charge in [0.1, 0.15) is 6.04 Å². The van der Waals surface area contributed by atoms with Crippen molar-refractivity contribution in [2.75, 3.05) is 6.61 Å². The number of carbonyl (C=O) groups is 2. The van der Waals surface area contributed by atoms with Crippen LogP contribution in [0.15, 0.2) is 0 Å². The summed E-state index contributed by atoms with van der Waals surface area (Å²) < 4.78 is 4.83. The number of carboxylic acid groups (broad SMARTS) is 1. The van der Waals surface area contributed by atoms with Crippen molar-refractivity contribution in [2.24, 2.45) is 0 Å². The third kappa shape index (κ3) is 8.08. The Balaban J connectivity index is 3.40. The van der Waals surface area contributed by atoms with Crippen molar-refractivity contribution in [3.8, 4) is 0 Å². The fourth-order valence-electron chi connectivity index (χ4n) is 1.15. The molecule has 0 fully saturated rings. The van der Waals surface area contributed by atoms with Gasteiger partial charge in [0.2, 0.25) is 0 Å². The second-order valence-corrected chi connectivity index (χ2v) is 3.75. The van der Waals surface area contributed by atoms with Crippen LogP contribution in [0.2, 0.25) is 0 Å². The van der Waals surface area contributed by atoms with E-state index in [0.29, 0.717) is 6.61 Å². The predicted molar refractivity (Wildman–Crippen MR) is 60.3 cm³/mol. The summed E-state index contributed by atoms with van der Waals surface area (Å²) in [6, 6.07) is -0.910. The molecule has 1 atom stereocenters. The minimum atomic E-state index is -1.07. The van der Waals surface area contributed by atoms with Gasteiger partial charge in [-0.25, -0.2) is 4.79 Å². The number of unbranched alkanes of at least 4 members (excludes halogenated alkanes) is 4. The molecule has 94 valence electrons. The van der Waals surface area contributed by atoms with Gasteiger partial charge < -0.3 is 15.2 Å². The van der Waals surface area contributed by atoms with Crippen LogP contribution in [0.5, 0.6) is 0 Å². The van der Waals surface area contributed by atoms with Crippen molar-refractivity contribution < 1.29 is 19.4 Å². The molecule has 1 amide bonds. The molecule has 0 aromatic heterocycles. The molecule has 0 saturated carbocycles. The summed E-state index contributed by atoms with van der Waals surface area (Å²) >= 11 is 0. The van der Waals surface area contributed by atoms with Crippen molar-refractivity contribution in [1.82, 2.24) is 5.32 Å². The van der Waals surface area contributed by atoms with Gasteiger partial charge in [0.05, 0.1) is 6.61 Å². The highest BCUT2D eigenvalue weighted by Gasteiger charge is 2.14. The molecule has 0 radical (unpaired) electrons. The topological polar surface area (TPSA) is 75.6 Å². The average Bonchev–Trinajstić information content (AvgIpc) is 2.23. The largest absolute Gasteiger partial charge is 0.480 e. The van der Waals surface area contributed by atoms with E-state index >= 15 is 0 Å². The van der Waals surface area contributed by atoms with Gasteiger partial charge in [-0.1, -0.05) is 32.6 Å². The summed E-state index contributed by atoms with van der Waals surface area (Å²) in [5.41, 5.74) is 0. The van der Waals surface area contributed by atoms with Gasteiger partial charge in [-0.15, -0.1) is 0 Å². The van der Waals surface area contributed by atoms with Gasteiger partial charge in [-0.05, 0) is 13.3 Å². The van der Waals surface area contributed by atoms with Gasteiger partial charge in [0.25, 0.3) is 0 Å². The van der Waals surface area contributed by atoms with Crippen molar-refractivity contribution in [2.45, 2.75) is 52.0 Å². The summed E-state index contributed by atoms with van der Waals surface area (Å²) in [6.07, 6.45) is 4.72. The Morgan fingerprint density at radius 3 is 2.44 bits per heavy atom. The van der Waals surface area contributed by atoms with E-state index in [1.54, 1.807) is 0 Å². The minimum Gasteiger partial charge on any atom is -0.480 e. The lowest BCUT2D eigenvalue weighted by molar-refractivity contribution is -0.138. The highest BCUT2D eigenvalue weighted by molar-refractivity contribution is 5.79. The highest BCUT2D eigenvalue weighted by atomic mass is 16.5. The highest BCUT2D eigenvalue weighted by Crippen LogP contribution is 2.02. The van der Waals surface area contributed by atoms with Gasteiger partial charge in [-0.2, -0.15) is 0 Å². The van der Waals surface area contributed by atoms with Gasteiger partial charge in [-0.3, -0.25) is 4.79 Å². The quantitative estimate of drug-likeness (QED) is 0.628. The lowest BCUT2D eigenvalue weighted by Gasteiger charge is -2.09. The van der Waals surface area contributed by atoms with E-state index in [-0.39, 0.29) is 0 Å². The van der Waals surface area contributed by atoms with E-state index in [1.165, 1.54) is 19.8 Å². The molecule has 5 nitrogen and oxygen atoms in total. The molecule has 0 aliphatic carbocycles. The number of rotatable bonds is 8. The van der Waals surface area contributed by atoms with Crippen LogP contribution in [0.25, 0.3) is 0 Å². The molecule has 0 saturated heterocycles. The number of carboxylic acids is 1. The fourth-order valence-corrected chi connectivity index (χ4v) is 1.15. The van der Waals surface area contributed by atoms with Crippen LogP contribution in [0.3, 0.4) is 0 Å². The molecular weight excluding hydrogens is 210 g/mol. The average molecular weight is 231 g/mol. The number of nitrogens with one attached hydrogen (secondary N) is 1. The van der Waals surface area contributed by atoms with Crippen LogP contribution in [0.4, 0.5) is 4.79 Å². The van der Waals surface area contributed by atoms with E-state index in [2.05, 4.69) is 12.2 Å². The molecule has 1 unspecified atom stereocenters. The molecule has 0 aliphatic rings. The molecule has 0 bridgehead atoms. The van der Waals surface area contributed by atoms with Gasteiger partial charge in [0.15, 0.2) is 0 Å². The smallest absolute Gasteiger partial charge is 0.407 e. The third-order valence-electron chi connectivity index (χ3n) is 2.19. The molecule has 0 aliphatic heterocycles. The second-order valence-electron chi connectivity index (χ2n) is 3.75. The summed E-state index contributed by atoms with van der Waals surface area (Å²) in [6.45, 7) is 3.88. The summed E-state index contributed by atoms with van der Waals surface area (Å²) in [7, 11) is 0. The van der Waals surface area contributed by atoms with Crippen LogP contribution in [0.1, 0.15) is 46.0 Å². The predicted octanol–water partition coefficient (Wildman–Crippen LogP) is 2.16. The molecule has 16 heavy (non-hydrogen) atoms. The molecule has 0 aromatic rings. The number of alkyl carbamates (subject to hydrolysis) is 1. The SMILES string of the molecule is CCCCCCCOC(=O)NC(C)C(=O)O. The molecule has 5 heteroatoms. The van der Waals surface area contributed by atoms with Crippen LogP contribution in [-0.2, 0) is 9.53 Å². The fraction of sp³-hybridized carbons (Fsp3) is 0.818. The first-order valence-corrected chi connectivity index (χ1v) is 5.74. The zero-order valence-electron chi connectivity index (χ0n) is 9.99. The summed E-state index contributed by atoms with van der Waals surface area (Å²) in [5, 5.41) is 10.7. The van der Waals surface area contributed by atoms with Crippen molar-refractivity contribution in [3.05, 3.63) is 0 Å². The summed E-state index contributed by atoms with van der Waals surface area (Å²) in [4.78, 5) is 21.5. The summed E-state index contributed by atoms with van der Waals surface area (Å²) in [5.74, 6) is -1.07. The van der Waals surface area contributed by atoms with Gasteiger partial charge in [0, 0.05) is 0 Å². The number of hydrogen-bond acceptors (Lipinski definition) is 3. The van der Waals surface area contributed by atoms with Crippen LogP contribution in [-0.4, -0.2) is 29.8 Å². The number of aliphatic carboxylic acids is 1. The lowest BCUT2D eigenvalue weighted by Crippen LogP contribution is -2.38. The maximum Gasteiger partial charge on any atom is 0.407 e. The maximum atomic E-state index is 11.1. The van der Waals surface area contributed by atoms with Crippen LogP contribution < -0.4 is 5.32 Å². The van der Waals surface area contributed by atoms with Crippen LogP contribution in [0, 0.1) is 0 Å². The van der Waals surface area contributed by atoms with E-state index in [0.717, 1.165) is 19.3 Å². The Labute approximate surface area is 96.2 Å². The second kappa shape index (κ2) is 9.00. The zero-order valence-corrected chi connectivity index (χ0v) is 9.99. The van der Waals surface area contributed by atoms with E-state index in [4.69, 9.17) is 9.84 Å². The Bertz CT molecular complexity index is 218.